The second kappa shape index (κ2) is 7.96. The van der Waals surface area contributed by atoms with E-state index >= 15 is 0 Å². The van der Waals surface area contributed by atoms with Crippen LogP contribution in [0.3, 0.4) is 0 Å². The van der Waals surface area contributed by atoms with Crippen LogP contribution >= 0.6 is 0 Å². The van der Waals surface area contributed by atoms with Crippen LogP contribution in [0.1, 0.15) is 28.8 Å². The fraction of sp³-hybridized carbons (Fsp3) is 0.476. The Morgan fingerprint density at radius 2 is 2.15 bits per heavy atom. The lowest BCUT2D eigenvalue weighted by molar-refractivity contribution is -0.130. The maximum absolute atomic E-state index is 12.9. The molecule has 0 spiro atoms. The molecule has 1 aliphatic heterocycles. The molecule has 2 heterocycles. The molecular formula is C21H25N3O2. The summed E-state index contributed by atoms with van der Waals surface area (Å²) in [6.45, 7) is 2.68. The van der Waals surface area contributed by atoms with Crippen LogP contribution in [0.15, 0.2) is 36.8 Å². The van der Waals surface area contributed by atoms with Gasteiger partial charge in [-0.25, -0.2) is 9.97 Å². The van der Waals surface area contributed by atoms with E-state index in [1.165, 1.54) is 24.0 Å². The van der Waals surface area contributed by atoms with Crippen molar-refractivity contribution in [2.45, 2.75) is 32.1 Å². The number of hydrogen-bond donors (Lipinski definition) is 0. The van der Waals surface area contributed by atoms with Gasteiger partial charge in [-0.3, -0.25) is 4.79 Å². The van der Waals surface area contributed by atoms with Crippen molar-refractivity contribution in [3.63, 3.8) is 0 Å². The highest BCUT2D eigenvalue weighted by Crippen LogP contribution is 2.23. The summed E-state index contributed by atoms with van der Waals surface area (Å²) in [7, 11) is 0. The van der Waals surface area contributed by atoms with Crippen molar-refractivity contribution in [1.29, 1.82) is 0 Å². The zero-order valence-electron chi connectivity index (χ0n) is 15.1. The Bertz CT molecular complexity index is 763. The molecule has 0 bridgehead atoms. The first kappa shape index (κ1) is 17.2. The van der Waals surface area contributed by atoms with Crippen LogP contribution in [-0.4, -0.2) is 47.1 Å². The van der Waals surface area contributed by atoms with E-state index in [2.05, 4.69) is 28.2 Å². The highest BCUT2D eigenvalue weighted by Gasteiger charge is 2.23. The largest absolute Gasteiger partial charge is 0.379 e. The number of aryl methyl sites for hydroxylation is 2. The van der Waals surface area contributed by atoms with Crippen molar-refractivity contribution < 1.29 is 9.53 Å². The van der Waals surface area contributed by atoms with Gasteiger partial charge >= 0.3 is 0 Å². The molecule has 1 aliphatic carbocycles. The predicted octanol–water partition coefficient (Wildman–Crippen LogP) is 2.23. The predicted molar refractivity (Wildman–Crippen MR) is 98.8 cm³/mol. The van der Waals surface area contributed by atoms with Gasteiger partial charge < -0.3 is 9.64 Å². The molecule has 1 aromatic heterocycles. The lowest BCUT2D eigenvalue weighted by Crippen LogP contribution is -2.37. The van der Waals surface area contributed by atoms with Crippen LogP contribution in [-0.2, 0) is 35.2 Å². The summed E-state index contributed by atoms with van der Waals surface area (Å²) in [6, 6.07) is 8.48. The zero-order valence-corrected chi connectivity index (χ0v) is 15.1. The second-order valence-corrected chi connectivity index (χ2v) is 7.32. The Morgan fingerprint density at radius 1 is 1.23 bits per heavy atom. The maximum atomic E-state index is 12.9. The minimum absolute atomic E-state index is 0.195. The highest BCUT2D eigenvalue weighted by molar-refractivity contribution is 5.79. The number of ether oxygens (including phenoxy) is 1. The van der Waals surface area contributed by atoms with Crippen molar-refractivity contribution in [3.8, 4) is 0 Å². The number of aromatic nitrogens is 2. The van der Waals surface area contributed by atoms with E-state index in [4.69, 9.17) is 4.74 Å². The van der Waals surface area contributed by atoms with Gasteiger partial charge in [0.1, 0.15) is 6.33 Å². The second-order valence-electron chi connectivity index (χ2n) is 7.32. The topological polar surface area (TPSA) is 55.3 Å². The molecule has 1 saturated heterocycles. The number of carbonyl (C=O) groups excluding carboxylic acids is 1. The Balaban J connectivity index is 1.39. The van der Waals surface area contributed by atoms with Crippen LogP contribution in [0.5, 0.6) is 0 Å². The van der Waals surface area contributed by atoms with Crippen LogP contribution in [0.4, 0.5) is 0 Å². The third-order valence-electron chi connectivity index (χ3n) is 5.35. The van der Waals surface area contributed by atoms with Crippen molar-refractivity contribution in [3.05, 3.63) is 59.2 Å². The summed E-state index contributed by atoms with van der Waals surface area (Å²) in [5.41, 5.74) is 5.01. The SMILES string of the molecule is O=C(Cc1ccc2c(c1)CCC2)N1CCOCC(Cc2ccncn2)C1. The molecule has 1 atom stereocenters. The number of nitrogens with zero attached hydrogens (tertiary/aromatic N) is 3. The highest BCUT2D eigenvalue weighted by atomic mass is 16.5. The van der Waals surface area contributed by atoms with E-state index in [9.17, 15) is 4.79 Å². The van der Waals surface area contributed by atoms with Crippen molar-refractivity contribution in [2.75, 3.05) is 26.3 Å². The van der Waals surface area contributed by atoms with Gasteiger partial charge in [0.15, 0.2) is 0 Å². The van der Waals surface area contributed by atoms with E-state index in [0.29, 0.717) is 26.2 Å². The normalized spacial score (nSPS) is 19.8. The monoisotopic (exact) mass is 351 g/mol. The van der Waals surface area contributed by atoms with Crippen LogP contribution in [0, 0.1) is 5.92 Å². The molecule has 2 aliphatic rings. The standard InChI is InChI=1S/C21H25N3O2/c25-21(12-16-4-5-18-2-1-3-19(18)10-16)24-8-9-26-14-17(13-24)11-20-6-7-22-15-23-20/h4-7,10,15,17H,1-3,8-9,11-14H2. The summed E-state index contributed by atoms with van der Waals surface area (Å²) >= 11 is 0. The molecule has 136 valence electrons. The molecule has 0 saturated carbocycles. The average molecular weight is 351 g/mol. The van der Waals surface area contributed by atoms with Crippen LogP contribution < -0.4 is 0 Å². The third-order valence-corrected chi connectivity index (χ3v) is 5.35. The Hall–Kier alpha value is -2.27. The van der Waals surface area contributed by atoms with Gasteiger partial charge in [0.25, 0.3) is 0 Å². The molecule has 4 rings (SSSR count). The molecule has 1 amide bonds. The number of fused-ring (bicyclic) bond motifs is 1. The molecule has 5 nitrogen and oxygen atoms in total. The van der Waals surface area contributed by atoms with Crippen LogP contribution in [0.2, 0.25) is 0 Å². The molecule has 0 radical (unpaired) electrons. The fourth-order valence-electron chi connectivity index (χ4n) is 3.99. The van der Waals surface area contributed by atoms with Crippen molar-refractivity contribution in [1.82, 2.24) is 14.9 Å². The lowest BCUT2D eigenvalue weighted by atomic mass is 10.0. The number of rotatable bonds is 4. The minimum Gasteiger partial charge on any atom is -0.379 e. The van der Waals surface area contributed by atoms with Crippen LogP contribution in [0.25, 0.3) is 0 Å². The summed E-state index contributed by atoms with van der Waals surface area (Å²) in [5.74, 6) is 0.470. The first-order chi connectivity index (χ1) is 12.8. The summed E-state index contributed by atoms with van der Waals surface area (Å²) in [5, 5.41) is 0. The zero-order chi connectivity index (χ0) is 17.8. The Labute approximate surface area is 154 Å². The molecule has 2 aromatic rings. The lowest BCUT2D eigenvalue weighted by Gasteiger charge is -2.23. The molecule has 26 heavy (non-hydrogen) atoms. The average Bonchev–Trinajstić information content (AvgIpc) is 3.00. The van der Waals surface area contributed by atoms with E-state index in [-0.39, 0.29) is 11.8 Å². The summed E-state index contributed by atoms with van der Waals surface area (Å²) < 4.78 is 5.73. The fourth-order valence-corrected chi connectivity index (χ4v) is 3.99. The molecule has 0 N–H and O–H groups in total. The molecule has 5 heteroatoms. The first-order valence-corrected chi connectivity index (χ1v) is 9.49. The van der Waals surface area contributed by atoms with Gasteiger partial charge in [0, 0.05) is 30.9 Å². The molecule has 1 aromatic carbocycles. The minimum atomic E-state index is 0.195. The smallest absolute Gasteiger partial charge is 0.227 e. The third kappa shape index (κ3) is 4.10. The Kier molecular flexibility index (Phi) is 5.25. The van der Waals surface area contributed by atoms with E-state index < -0.39 is 0 Å². The first-order valence-electron chi connectivity index (χ1n) is 9.49. The van der Waals surface area contributed by atoms with Gasteiger partial charge in [0.05, 0.1) is 19.6 Å². The number of hydrogen-bond acceptors (Lipinski definition) is 4. The van der Waals surface area contributed by atoms with E-state index in [1.54, 1.807) is 12.5 Å². The summed E-state index contributed by atoms with van der Waals surface area (Å²) in [4.78, 5) is 23.1. The van der Waals surface area contributed by atoms with Gasteiger partial charge in [-0.2, -0.15) is 0 Å². The Morgan fingerprint density at radius 3 is 3.04 bits per heavy atom. The van der Waals surface area contributed by atoms with Gasteiger partial charge in [-0.15, -0.1) is 0 Å². The number of amides is 1. The number of carbonyl (C=O) groups is 1. The number of benzene rings is 1. The van der Waals surface area contributed by atoms with E-state index in [0.717, 1.165) is 30.6 Å². The van der Waals surface area contributed by atoms with Gasteiger partial charge in [-0.05, 0) is 48.4 Å². The molecule has 1 unspecified atom stereocenters. The molecular weight excluding hydrogens is 326 g/mol. The van der Waals surface area contributed by atoms with Crippen molar-refractivity contribution in [2.24, 2.45) is 5.92 Å². The maximum Gasteiger partial charge on any atom is 0.227 e. The van der Waals surface area contributed by atoms with Gasteiger partial charge in [-0.1, -0.05) is 18.2 Å². The van der Waals surface area contributed by atoms with Crippen molar-refractivity contribution >= 4 is 5.91 Å². The molecule has 1 fully saturated rings. The van der Waals surface area contributed by atoms with Gasteiger partial charge in [0.2, 0.25) is 5.91 Å². The summed E-state index contributed by atoms with van der Waals surface area (Å²) in [6.07, 6.45) is 8.19. The quantitative estimate of drug-likeness (QED) is 0.848. The van der Waals surface area contributed by atoms with E-state index in [1.807, 2.05) is 11.0 Å².